The smallest absolute Gasteiger partial charge is 0.315 e. The van der Waals surface area contributed by atoms with E-state index in [2.05, 4.69) is 10.6 Å². The number of para-hydroxylation sites is 1. The molecule has 3 N–H and O–H groups in total. The molecule has 0 spiro atoms. The first-order valence-corrected chi connectivity index (χ1v) is 7.92. The summed E-state index contributed by atoms with van der Waals surface area (Å²) in [5.74, 6) is 0.860. The van der Waals surface area contributed by atoms with Gasteiger partial charge in [-0.2, -0.15) is 0 Å². The quantitative estimate of drug-likeness (QED) is 0.812. The minimum absolute atomic E-state index is 0.125. The van der Waals surface area contributed by atoms with Crippen LogP contribution in [0.5, 0.6) is 0 Å². The Hall–Kier alpha value is -2.01. The number of aliphatic hydroxyl groups excluding tert-OH is 1. The number of benzene rings is 1. The zero-order valence-electron chi connectivity index (χ0n) is 12.5. The fourth-order valence-electron chi connectivity index (χ4n) is 2.96. The van der Waals surface area contributed by atoms with Crippen LogP contribution in [0.2, 0.25) is 0 Å². The Bertz CT molecular complexity index is 605. The van der Waals surface area contributed by atoms with Gasteiger partial charge in [0.05, 0.1) is 12.1 Å². The zero-order chi connectivity index (χ0) is 15.4. The lowest BCUT2D eigenvalue weighted by Gasteiger charge is -2.28. The van der Waals surface area contributed by atoms with Gasteiger partial charge in [-0.1, -0.05) is 31.0 Å². The Kier molecular flexibility index (Phi) is 4.63. The molecule has 1 aromatic heterocycles. The molecule has 22 heavy (non-hydrogen) atoms. The number of amides is 2. The number of carbonyl (C=O) groups excluding carboxylic acids is 1. The molecular weight excluding hydrogens is 280 g/mol. The number of rotatable bonds is 4. The largest absolute Gasteiger partial charge is 0.461 e. The lowest BCUT2D eigenvalue weighted by Crippen LogP contribution is -2.49. The minimum Gasteiger partial charge on any atom is -0.461 e. The van der Waals surface area contributed by atoms with Crippen LogP contribution < -0.4 is 10.6 Å². The Labute approximate surface area is 129 Å². The summed E-state index contributed by atoms with van der Waals surface area (Å²) in [7, 11) is 0. The molecular formula is C17H22N2O3. The van der Waals surface area contributed by atoms with Gasteiger partial charge in [0.25, 0.3) is 0 Å². The molecule has 0 saturated heterocycles. The van der Waals surface area contributed by atoms with Crippen molar-refractivity contribution in [1.29, 1.82) is 0 Å². The molecule has 1 aliphatic rings. The summed E-state index contributed by atoms with van der Waals surface area (Å²) < 4.78 is 5.71. The van der Waals surface area contributed by atoms with Gasteiger partial charge >= 0.3 is 6.03 Å². The Morgan fingerprint density at radius 2 is 2.09 bits per heavy atom. The fraction of sp³-hybridized carbons (Fsp3) is 0.471. The van der Waals surface area contributed by atoms with Gasteiger partial charge in [-0.05, 0) is 25.0 Å². The molecule has 2 atom stereocenters. The first-order valence-electron chi connectivity index (χ1n) is 7.92. The van der Waals surface area contributed by atoms with Crippen LogP contribution in [0.1, 0.15) is 31.4 Å². The number of nitrogens with one attached hydrogen (secondary N) is 2. The Balaban J connectivity index is 1.45. The maximum atomic E-state index is 11.9. The van der Waals surface area contributed by atoms with Gasteiger partial charge < -0.3 is 20.2 Å². The molecule has 2 aromatic rings. The maximum Gasteiger partial charge on any atom is 0.315 e. The number of fused-ring (bicyclic) bond motifs is 1. The van der Waals surface area contributed by atoms with Gasteiger partial charge in [-0.15, -0.1) is 0 Å². The summed E-state index contributed by atoms with van der Waals surface area (Å²) in [6.07, 6.45) is 3.93. The molecule has 3 rings (SSSR count). The molecule has 1 aliphatic carbocycles. The summed E-state index contributed by atoms with van der Waals surface area (Å²) in [6.45, 7) is 0.508. The maximum absolute atomic E-state index is 11.9. The molecule has 1 aromatic carbocycles. The van der Waals surface area contributed by atoms with Crippen molar-refractivity contribution in [2.75, 3.05) is 6.54 Å². The van der Waals surface area contributed by atoms with Crippen LogP contribution in [-0.4, -0.2) is 29.8 Å². The first kappa shape index (κ1) is 14.9. The standard InChI is InChI=1S/C17H22N2O3/c20-15-7-3-2-6-14(15)19-17(21)18-10-9-13-11-12-5-1-4-8-16(12)22-13/h1,4-5,8,11,14-15,20H,2-3,6-7,9-10H2,(H2,18,19,21). The lowest BCUT2D eigenvalue weighted by molar-refractivity contribution is 0.0943. The highest BCUT2D eigenvalue weighted by atomic mass is 16.3. The average Bonchev–Trinajstić information content (AvgIpc) is 2.92. The minimum atomic E-state index is -0.421. The van der Waals surface area contributed by atoms with Gasteiger partial charge in [-0.25, -0.2) is 4.79 Å². The van der Waals surface area contributed by atoms with Crippen molar-refractivity contribution in [2.24, 2.45) is 0 Å². The van der Waals surface area contributed by atoms with Crippen molar-refractivity contribution in [3.63, 3.8) is 0 Å². The summed E-state index contributed by atoms with van der Waals surface area (Å²) in [5, 5.41) is 16.6. The summed E-state index contributed by atoms with van der Waals surface area (Å²) in [4.78, 5) is 11.9. The van der Waals surface area contributed by atoms with Gasteiger partial charge in [0.15, 0.2) is 0 Å². The second-order valence-electron chi connectivity index (χ2n) is 5.86. The summed E-state index contributed by atoms with van der Waals surface area (Å²) in [5.41, 5.74) is 0.868. The van der Waals surface area contributed by atoms with Crippen LogP contribution in [0.15, 0.2) is 34.7 Å². The number of furan rings is 1. The van der Waals surface area contributed by atoms with E-state index in [1.54, 1.807) is 0 Å². The van der Waals surface area contributed by atoms with Crippen LogP contribution in [0, 0.1) is 0 Å². The number of urea groups is 1. The third kappa shape index (κ3) is 3.60. The molecule has 2 unspecified atom stereocenters. The van der Waals surface area contributed by atoms with E-state index in [0.29, 0.717) is 13.0 Å². The van der Waals surface area contributed by atoms with E-state index < -0.39 is 6.10 Å². The predicted octanol–water partition coefficient (Wildman–Crippen LogP) is 2.58. The molecule has 0 radical (unpaired) electrons. The highest BCUT2D eigenvalue weighted by Gasteiger charge is 2.24. The Morgan fingerprint density at radius 1 is 1.27 bits per heavy atom. The van der Waals surface area contributed by atoms with Gasteiger partial charge in [0.1, 0.15) is 11.3 Å². The van der Waals surface area contributed by atoms with E-state index in [4.69, 9.17) is 4.42 Å². The molecule has 1 heterocycles. The molecule has 0 bridgehead atoms. The van der Waals surface area contributed by atoms with Crippen LogP contribution in [0.4, 0.5) is 4.79 Å². The predicted molar refractivity (Wildman–Crippen MR) is 84.7 cm³/mol. The SMILES string of the molecule is O=C(NCCc1cc2ccccc2o1)NC1CCCCC1O. The van der Waals surface area contributed by atoms with Crippen LogP contribution in [-0.2, 0) is 6.42 Å². The summed E-state index contributed by atoms with van der Waals surface area (Å²) >= 11 is 0. The van der Waals surface area contributed by atoms with Gasteiger partial charge in [-0.3, -0.25) is 0 Å². The third-order valence-corrected chi connectivity index (χ3v) is 4.18. The lowest BCUT2D eigenvalue weighted by atomic mass is 9.93. The monoisotopic (exact) mass is 302 g/mol. The number of aliphatic hydroxyl groups is 1. The summed E-state index contributed by atoms with van der Waals surface area (Å²) in [6, 6.07) is 9.51. The van der Waals surface area contributed by atoms with E-state index in [1.165, 1.54) is 0 Å². The highest BCUT2D eigenvalue weighted by molar-refractivity contribution is 5.77. The van der Waals surface area contributed by atoms with E-state index in [1.807, 2.05) is 30.3 Å². The normalized spacial score (nSPS) is 21.7. The molecule has 5 nitrogen and oxygen atoms in total. The van der Waals surface area contributed by atoms with Crippen molar-refractivity contribution in [3.8, 4) is 0 Å². The molecule has 2 amide bonds. The number of hydrogen-bond acceptors (Lipinski definition) is 3. The second-order valence-corrected chi connectivity index (χ2v) is 5.86. The van der Waals surface area contributed by atoms with Crippen molar-refractivity contribution in [2.45, 2.75) is 44.2 Å². The Morgan fingerprint density at radius 3 is 2.91 bits per heavy atom. The molecule has 5 heteroatoms. The van der Waals surface area contributed by atoms with E-state index in [0.717, 1.165) is 42.4 Å². The van der Waals surface area contributed by atoms with E-state index in [9.17, 15) is 9.90 Å². The molecule has 0 aliphatic heterocycles. The zero-order valence-corrected chi connectivity index (χ0v) is 12.5. The van der Waals surface area contributed by atoms with Gasteiger partial charge in [0.2, 0.25) is 0 Å². The number of hydrogen-bond donors (Lipinski definition) is 3. The van der Waals surface area contributed by atoms with Crippen LogP contribution in [0.25, 0.3) is 11.0 Å². The average molecular weight is 302 g/mol. The first-order chi connectivity index (χ1) is 10.7. The molecule has 1 fully saturated rings. The second kappa shape index (κ2) is 6.83. The molecule has 118 valence electrons. The van der Waals surface area contributed by atoms with Crippen molar-refractivity contribution < 1.29 is 14.3 Å². The topological polar surface area (TPSA) is 74.5 Å². The fourth-order valence-corrected chi connectivity index (χ4v) is 2.96. The molecule has 1 saturated carbocycles. The third-order valence-electron chi connectivity index (χ3n) is 4.18. The van der Waals surface area contributed by atoms with Gasteiger partial charge in [0, 0.05) is 18.4 Å². The van der Waals surface area contributed by atoms with Crippen LogP contribution >= 0.6 is 0 Å². The highest BCUT2D eigenvalue weighted by Crippen LogP contribution is 2.19. The van der Waals surface area contributed by atoms with Crippen molar-refractivity contribution in [3.05, 3.63) is 36.1 Å². The van der Waals surface area contributed by atoms with Crippen molar-refractivity contribution in [1.82, 2.24) is 10.6 Å². The van der Waals surface area contributed by atoms with E-state index in [-0.39, 0.29) is 12.1 Å². The van der Waals surface area contributed by atoms with Crippen molar-refractivity contribution >= 4 is 17.0 Å². The van der Waals surface area contributed by atoms with E-state index >= 15 is 0 Å². The van der Waals surface area contributed by atoms with Crippen LogP contribution in [0.3, 0.4) is 0 Å². The number of carbonyl (C=O) groups is 1.